The van der Waals surface area contributed by atoms with Gasteiger partial charge in [-0.05, 0) is 31.7 Å². The van der Waals surface area contributed by atoms with Crippen molar-refractivity contribution in [1.82, 2.24) is 10.6 Å². The van der Waals surface area contributed by atoms with E-state index in [1.54, 1.807) is 0 Å². The van der Waals surface area contributed by atoms with E-state index in [0.29, 0.717) is 5.92 Å². The molecule has 0 radical (unpaired) electrons. The fourth-order valence-corrected chi connectivity index (χ4v) is 2.32. The third-order valence-electron chi connectivity index (χ3n) is 3.25. The number of rotatable bonds is 7. The van der Waals surface area contributed by atoms with Gasteiger partial charge in [0.1, 0.15) is 0 Å². The molecule has 0 aromatic heterocycles. The van der Waals surface area contributed by atoms with E-state index >= 15 is 0 Å². The first-order valence-corrected chi connectivity index (χ1v) is 6.80. The molecule has 0 atom stereocenters. The Hall–Kier alpha value is -0.570. The molecule has 94 valence electrons. The lowest BCUT2D eigenvalue weighted by Crippen LogP contribution is -2.33. The molecule has 1 saturated carbocycles. The van der Waals surface area contributed by atoms with E-state index in [0.717, 1.165) is 32.5 Å². The summed E-state index contributed by atoms with van der Waals surface area (Å²) in [5.41, 5.74) is 0. The van der Waals surface area contributed by atoms with E-state index in [2.05, 4.69) is 17.6 Å². The van der Waals surface area contributed by atoms with Crippen LogP contribution in [0.3, 0.4) is 0 Å². The lowest BCUT2D eigenvalue weighted by Gasteiger charge is -2.20. The summed E-state index contributed by atoms with van der Waals surface area (Å²) < 4.78 is 0. The molecule has 1 aliphatic rings. The molecule has 1 rings (SSSR count). The van der Waals surface area contributed by atoms with Crippen molar-refractivity contribution in [2.24, 2.45) is 5.92 Å². The number of hydrogen-bond donors (Lipinski definition) is 2. The van der Waals surface area contributed by atoms with Crippen molar-refractivity contribution in [3.05, 3.63) is 0 Å². The Bertz CT molecular complexity index is 188. The quantitative estimate of drug-likeness (QED) is 0.653. The maximum atomic E-state index is 11.6. The van der Waals surface area contributed by atoms with Crippen LogP contribution >= 0.6 is 0 Å². The third kappa shape index (κ3) is 6.11. The average Bonchev–Trinajstić information content (AvgIpc) is 2.30. The number of carbonyl (C=O) groups excluding carboxylic acids is 1. The molecular formula is C13H26N2O. The summed E-state index contributed by atoms with van der Waals surface area (Å²) in [5, 5.41) is 6.27. The highest BCUT2D eigenvalue weighted by molar-refractivity contribution is 5.76. The van der Waals surface area contributed by atoms with E-state index in [1.165, 1.54) is 32.1 Å². The van der Waals surface area contributed by atoms with Gasteiger partial charge in [0, 0.05) is 19.5 Å². The van der Waals surface area contributed by atoms with Crippen LogP contribution in [-0.4, -0.2) is 25.5 Å². The fraction of sp³-hybridized carbons (Fsp3) is 0.923. The van der Waals surface area contributed by atoms with Gasteiger partial charge in [0.2, 0.25) is 5.91 Å². The highest BCUT2D eigenvalue weighted by atomic mass is 16.1. The van der Waals surface area contributed by atoms with Crippen molar-refractivity contribution >= 4 is 5.91 Å². The third-order valence-corrected chi connectivity index (χ3v) is 3.25. The van der Waals surface area contributed by atoms with E-state index in [1.807, 2.05) is 0 Å². The molecule has 1 aliphatic carbocycles. The van der Waals surface area contributed by atoms with Crippen LogP contribution in [0, 0.1) is 5.92 Å². The standard InChI is InChI=1S/C13H26N2O/c1-2-8-14-9-10-15-13(16)11-12-6-4-3-5-7-12/h12,14H,2-11H2,1H3,(H,15,16). The maximum absolute atomic E-state index is 11.6. The van der Waals surface area contributed by atoms with Gasteiger partial charge in [-0.25, -0.2) is 0 Å². The van der Waals surface area contributed by atoms with Crippen molar-refractivity contribution in [3.8, 4) is 0 Å². The Balaban J connectivity index is 1.97. The zero-order valence-corrected chi connectivity index (χ0v) is 10.6. The van der Waals surface area contributed by atoms with Crippen LogP contribution in [0.1, 0.15) is 51.9 Å². The molecule has 1 fully saturated rings. The second-order valence-corrected chi connectivity index (χ2v) is 4.81. The van der Waals surface area contributed by atoms with Gasteiger partial charge in [0.25, 0.3) is 0 Å². The second kappa shape index (κ2) is 8.57. The minimum atomic E-state index is 0.241. The van der Waals surface area contributed by atoms with Crippen molar-refractivity contribution in [3.63, 3.8) is 0 Å². The van der Waals surface area contributed by atoms with Crippen LogP contribution in [-0.2, 0) is 4.79 Å². The van der Waals surface area contributed by atoms with E-state index in [4.69, 9.17) is 0 Å². The first-order chi connectivity index (χ1) is 7.83. The molecule has 0 aromatic rings. The van der Waals surface area contributed by atoms with Gasteiger partial charge in [-0.2, -0.15) is 0 Å². The van der Waals surface area contributed by atoms with Crippen LogP contribution in [0.5, 0.6) is 0 Å². The van der Waals surface area contributed by atoms with Gasteiger partial charge < -0.3 is 10.6 Å². The van der Waals surface area contributed by atoms with E-state index in [-0.39, 0.29) is 5.91 Å². The first-order valence-electron chi connectivity index (χ1n) is 6.80. The summed E-state index contributed by atoms with van der Waals surface area (Å²) in [7, 11) is 0. The molecule has 3 heteroatoms. The summed E-state index contributed by atoms with van der Waals surface area (Å²) in [4.78, 5) is 11.6. The molecule has 0 spiro atoms. The van der Waals surface area contributed by atoms with Gasteiger partial charge in [-0.3, -0.25) is 4.79 Å². The molecule has 2 N–H and O–H groups in total. The second-order valence-electron chi connectivity index (χ2n) is 4.81. The van der Waals surface area contributed by atoms with Gasteiger partial charge in [-0.15, -0.1) is 0 Å². The minimum Gasteiger partial charge on any atom is -0.355 e. The van der Waals surface area contributed by atoms with Gasteiger partial charge in [-0.1, -0.05) is 26.2 Å². The van der Waals surface area contributed by atoms with Gasteiger partial charge >= 0.3 is 0 Å². The summed E-state index contributed by atoms with van der Waals surface area (Å²) in [6, 6.07) is 0. The molecule has 1 amide bonds. The molecule has 0 saturated heterocycles. The Morgan fingerprint density at radius 3 is 2.56 bits per heavy atom. The zero-order valence-electron chi connectivity index (χ0n) is 10.6. The average molecular weight is 226 g/mol. The highest BCUT2D eigenvalue weighted by Crippen LogP contribution is 2.25. The number of carbonyl (C=O) groups is 1. The number of nitrogens with one attached hydrogen (secondary N) is 2. The molecule has 0 heterocycles. The van der Waals surface area contributed by atoms with Crippen LogP contribution in [0.15, 0.2) is 0 Å². The molecule has 16 heavy (non-hydrogen) atoms. The van der Waals surface area contributed by atoms with Crippen LogP contribution in [0.25, 0.3) is 0 Å². The minimum absolute atomic E-state index is 0.241. The number of hydrogen-bond acceptors (Lipinski definition) is 2. The lowest BCUT2D eigenvalue weighted by atomic mass is 9.87. The Morgan fingerprint density at radius 1 is 1.12 bits per heavy atom. The molecule has 3 nitrogen and oxygen atoms in total. The monoisotopic (exact) mass is 226 g/mol. The van der Waals surface area contributed by atoms with Crippen molar-refractivity contribution in [2.45, 2.75) is 51.9 Å². The topological polar surface area (TPSA) is 41.1 Å². The lowest BCUT2D eigenvalue weighted by molar-refractivity contribution is -0.122. The maximum Gasteiger partial charge on any atom is 0.220 e. The van der Waals surface area contributed by atoms with Crippen LogP contribution < -0.4 is 10.6 Å². The summed E-state index contributed by atoms with van der Waals surface area (Å²) in [6.45, 7) is 4.85. The van der Waals surface area contributed by atoms with Crippen molar-refractivity contribution in [1.29, 1.82) is 0 Å². The van der Waals surface area contributed by atoms with Crippen LogP contribution in [0.2, 0.25) is 0 Å². The summed E-state index contributed by atoms with van der Waals surface area (Å²) in [6.07, 6.45) is 8.39. The smallest absolute Gasteiger partial charge is 0.220 e. The van der Waals surface area contributed by atoms with Gasteiger partial charge in [0.05, 0.1) is 0 Å². The van der Waals surface area contributed by atoms with E-state index < -0.39 is 0 Å². The largest absolute Gasteiger partial charge is 0.355 e. The Labute approximate surface area is 99.4 Å². The Kier molecular flexibility index (Phi) is 7.23. The predicted molar refractivity (Wildman–Crippen MR) is 67.4 cm³/mol. The molecule has 0 aromatic carbocycles. The van der Waals surface area contributed by atoms with Crippen LogP contribution in [0.4, 0.5) is 0 Å². The predicted octanol–water partition coefficient (Wildman–Crippen LogP) is 2.07. The summed E-state index contributed by atoms with van der Waals surface area (Å²) >= 11 is 0. The number of amides is 1. The normalized spacial score (nSPS) is 17.3. The first kappa shape index (κ1) is 13.5. The molecule has 0 bridgehead atoms. The molecule has 0 aliphatic heterocycles. The van der Waals surface area contributed by atoms with Crippen molar-refractivity contribution < 1.29 is 4.79 Å². The van der Waals surface area contributed by atoms with E-state index in [9.17, 15) is 4.79 Å². The van der Waals surface area contributed by atoms with Gasteiger partial charge in [0.15, 0.2) is 0 Å². The molecular weight excluding hydrogens is 200 g/mol. The SMILES string of the molecule is CCCNCCNC(=O)CC1CCCCC1. The summed E-state index contributed by atoms with van der Waals surface area (Å²) in [5.74, 6) is 0.891. The Morgan fingerprint density at radius 2 is 1.88 bits per heavy atom. The molecule has 0 unspecified atom stereocenters. The van der Waals surface area contributed by atoms with Crippen molar-refractivity contribution in [2.75, 3.05) is 19.6 Å². The highest BCUT2D eigenvalue weighted by Gasteiger charge is 2.16. The fourth-order valence-electron chi connectivity index (χ4n) is 2.32. The zero-order chi connectivity index (χ0) is 11.6.